The molecular weight excluding hydrogens is 239 g/mol. The van der Waals surface area contributed by atoms with Gasteiger partial charge in [0.25, 0.3) is 5.56 Å². The minimum absolute atomic E-state index is 0.394. The van der Waals surface area contributed by atoms with Crippen molar-refractivity contribution in [3.05, 3.63) is 33.7 Å². The highest BCUT2D eigenvalue weighted by molar-refractivity contribution is 5.85. The Labute approximate surface area is 93.3 Å². The molecule has 1 rings (SSSR count). The van der Waals surface area contributed by atoms with Crippen LogP contribution in [0.2, 0.25) is 0 Å². The summed E-state index contributed by atoms with van der Waals surface area (Å²) in [5, 5.41) is 8.70. The molecule has 0 saturated heterocycles. The van der Waals surface area contributed by atoms with Crippen molar-refractivity contribution in [1.82, 2.24) is 4.57 Å². The Balaban J connectivity index is 3.57. The van der Waals surface area contributed by atoms with Gasteiger partial charge in [0.15, 0.2) is 0 Å². The number of nitrogens with zero attached hydrogens (tertiary/aromatic N) is 1. The van der Waals surface area contributed by atoms with Crippen LogP contribution in [0.25, 0.3) is 0 Å². The van der Waals surface area contributed by atoms with Crippen LogP contribution in [0, 0.1) is 12.3 Å². The van der Waals surface area contributed by atoms with Crippen molar-refractivity contribution in [3.63, 3.8) is 0 Å². The molecule has 17 heavy (non-hydrogen) atoms. The summed E-state index contributed by atoms with van der Waals surface area (Å²) in [7, 11) is 0. The number of pyridine rings is 1. The van der Waals surface area contributed by atoms with Crippen molar-refractivity contribution in [2.24, 2.45) is 0 Å². The smallest absolute Gasteiger partial charge is 0.421 e. The van der Waals surface area contributed by atoms with E-state index in [0.717, 1.165) is 0 Å². The minimum Gasteiger partial charge on any atom is -0.477 e. The molecule has 0 fully saturated rings. The highest BCUT2D eigenvalue weighted by Crippen LogP contribution is 2.26. The van der Waals surface area contributed by atoms with Gasteiger partial charge in [-0.15, -0.1) is 6.42 Å². The molecule has 0 aliphatic heterocycles. The third kappa shape index (κ3) is 2.47. The van der Waals surface area contributed by atoms with Gasteiger partial charge in [-0.05, 0) is 12.1 Å². The predicted octanol–water partition coefficient (Wildman–Crippen LogP) is 1.20. The number of hydrogen-bond acceptors (Lipinski definition) is 2. The van der Waals surface area contributed by atoms with Crippen LogP contribution in [0.4, 0.5) is 13.2 Å². The second-order valence-corrected chi connectivity index (χ2v) is 3.03. The van der Waals surface area contributed by atoms with Crippen LogP contribution in [0.15, 0.2) is 16.9 Å². The third-order valence-corrected chi connectivity index (χ3v) is 1.95. The largest absolute Gasteiger partial charge is 0.477 e. The van der Waals surface area contributed by atoms with Gasteiger partial charge in [0.05, 0.1) is 6.54 Å². The lowest BCUT2D eigenvalue weighted by molar-refractivity contribution is -0.139. The Hall–Kier alpha value is -2.23. The number of hydrogen-bond donors (Lipinski definition) is 1. The van der Waals surface area contributed by atoms with Crippen molar-refractivity contribution in [2.45, 2.75) is 12.7 Å². The number of terminal acetylenes is 1. The number of carbonyl (C=O) groups is 1. The number of aromatic carboxylic acids is 1. The van der Waals surface area contributed by atoms with Crippen LogP contribution < -0.4 is 5.56 Å². The number of rotatable bonds is 2. The highest BCUT2D eigenvalue weighted by Gasteiger charge is 2.35. The Morgan fingerprint density at radius 1 is 1.47 bits per heavy atom. The molecule has 1 aromatic rings. The molecule has 0 aromatic carbocycles. The lowest BCUT2D eigenvalue weighted by Crippen LogP contribution is -2.31. The van der Waals surface area contributed by atoms with E-state index >= 15 is 0 Å². The predicted molar refractivity (Wildman–Crippen MR) is 51.5 cm³/mol. The maximum atomic E-state index is 12.4. The van der Waals surface area contributed by atoms with Gasteiger partial charge >= 0.3 is 12.1 Å². The molecule has 7 heteroatoms. The fourth-order valence-electron chi connectivity index (χ4n) is 1.23. The van der Waals surface area contributed by atoms with Crippen LogP contribution in [0.1, 0.15) is 16.1 Å². The minimum atomic E-state index is -4.84. The first-order chi connectivity index (χ1) is 7.79. The van der Waals surface area contributed by atoms with Gasteiger partial charge in [-0.2, -0.15) is 13.2 Å². The normalized spacial score (nSPS) is 10.9. The van der Waals surface area contributed by atoms with Crippen LogP contribution in [-0.4, -0.2) is 15.6 Å². The van der Waals surface area contributed by atoms with Gasteiger partial charge in [0, 0.05) is 0 Å². The van der Waals surface area contributed by atoms with Gasteiger partial charge in [-0.3, -0.25) is 9.36 Å². The monoisotopic (exact) mass is 245 g/mol. The Morgan fingerprint density at radius 3 is 2.47 bits per heavy atom. The molecule has 0 radical (unpaired) electrons. The standard InChI is InChI=1S/C10H6F3NO3/c1-2-5-14-7(9(16)17)4-3-6(8(14)15)10(11,12)13/h1,3-4H,5H2,(H,16,17). The van der Waals surface area contributed by atoms with E-state index in [2.05, 4.69) is 0 Å². The van der Waals surface area contributed by atoms with E-state index in [4.69, 9.17) is 11.5 Å². The van der Waals surface area contributed by atoms with Crippen molar-refractivity contribution in [1.29, 1.82) is 0 Å². The second kappa shape index (κ2) is 4.33. The van der Waals surface area contributed by atoms with Crippen LogP contribution in [0.5, 0.6) is 0 Å². The third-order valence-electron chi connectivity index (χ3n) is 1.95. The van der Waals surface area contributed by atoms with Gasteiger partial charge < -0.3 is 5.11 Å². The molecule has 90 valence electrons. The first kappa shape index (κ1) is 12.8. The fraction of sp³-hybridized carbons (Fsp3) is 0.200. The molecule has 0 atom stereocenters. The van der Waals surface area contributed by atoms with E-state index in [-0.39, 0.29) is 0 Å². The molecule has 1 heterocycles. The summed E-state index contributed by atoms with van der Waals surface area (Å²) >= 11 is 0. The van der Waals surface area contributed by atoms with Gasteiger partial charge in [-0.1, -0.05) is 5.92 Å². The molecule has 1 N–H and O–H groups in total. The first-order valence-electron chi connectivity index (χ1n) is 4.27. The summed E-state index contributed by atoms with van der Waals surface area (Å²) in [4.78, 5) is 22.1. The van der Waals surface area contributed by atoms with Crippen LogP contribution >= 0.6 is 0 Å². The summed E-state index contributed by atoms with van der Waals surface area (Å²) in [6.07, 6.45) is 0.0309. The van der Waals surface area contributed by atoms with E-state index in [1.165, 1.54) is 0 Å². The number of halogens is 3. The van der Waals surface area contributed by atoms with Gasteiger partial charge in [0.2, 0.25) is 0 Å². The van der Waals surface area contributed by atoms with E-state index in [0.29, 0.717) is 16.7 Å². The van der Waals surface area contributed by atoms with E-state index in [1.54, 1.807) is 0 Å². The Bertz CT molecular complexity index is 551. The maximum absolute atomic E-state index is 12.4. The first-order valence-corrected chi connectivity index (χ1v) is 4.27. The fourth-order valence-corrected chi connectivity index (χ4v) is 1.23. The van der Waals surface area contributed by atoms with Crippen LogP contribution in [0.3, 0.4) is 0 Å². The summed E-state index contributed by atoms with van der Waals surface area (Å²) < 4.78 is 37.6. The van der Waals surface area contributed by atoms with Crippen LogP contribution in [-0.2, 0) is 12.7 Å². The summed E-state index contributed by atoms with van der Waals surface area (Å²) in [6.45, 7) is -0.537. The van der Waals surface area contributed by atoms with E-state index in [1.807, 2.05) is 5.92 Å². The molecule has 0 amide bonds. The number of carboxylic acids is 1. The lowest BCUT2D eigenvalue weighted by atomic mass is 10.2. The summed E-state index contributed by atoms with van der Waals surface area (Å²) in [6, 6.07) is 1.13. The molecule has 0 aliphatic rings. The average Bonchev–Trinajstić information content (AvgIpc) is 2.18. The van der Waals surface area contributed by atoms with Gasteiger partial charge in [-0.25, -0.2) is 4.79 Å². The zero-order valence-corrected chi connectivity index (χ0v) is 8.28. The molecule has 4 nitrogen and oxygen atoms in total. The van der Waals surface area contributed by atoms with Crippen molar-refractivity contribution in [2.75, 3.05) is 0 Å². The SMILES string of the molecule is C#CCn1c(C(=O)O)ccc(C(F)(F)F)c1=O. The summed E-state index contributed by atoms with van der Waals surface area (Å²) in [5.74, 6) is 0.409. The van der Waals surface area contributed by atoms with Crippen molar-refractivity contribution in [3.8, 4) is 12.3 Å². The van der Waals surface area contributed by atoms with E-state index in [9.17, 15) is 22.8 Å². The van der Waals surface area contributed by atoms with Gasteiger partial charge in [0.1, 0.15) is 11.3 Å². The maximum Gasteiger partial charge on any atom is 0.421 e. The lowest BCUT2D eigenvalue weighted by Gasteiger charge is -2.11. The summed E-state index contributed by atoms with van der Waals surface area (Å²) in [5.41, 5.74) is -3.49. The molecule has 0 bridgehead atoms. The highest BCUT2D eigenvalue weighted by atomic mass is 19.4. The molecule has 0 unspecified atom stereocenters. The number of alkyl halides is 3. The topological polar surface area (TPSA) is 59.3 Å². The zero-order valence-electron chi connectivity index (χ0n) is 8.28. The number of aromatic nitrogens is 1. The Morgan fingerprint density at radius 2 is 2.06 bits per heavy atom. The van der Waals surface area contributed by atoms with E-state index < -0.39 is 35.5 Å². The molecular formula is C10H6F3NO3. The quantitative estimate of drug-likeness (QED) is 0.796. The van der Waals surface area contributed by atoms with Crippen molar-refractivity contribution < 1.29 is 23.1 Å². The molecule has 0 saturated carbocycles. The molecule has 1 aromatic heterocycles. The molecule has 0 spiro atoms. The number of carboxylic acid groups (broad SMARTS) is 1. The zero-order chi connectivity index (χ0) is 13.2. The average molecular weight is 245 g/mol. The molecule has 0 aliphatic carbocycles. The second-order valence-electron chi connectivity index (χ2n) is 3.03. The van der Waals surface area contributed by atoms with Crippen molar-refractivity contribution >= 4 is 5.97 Å². The Kier molecular flexibility index (Phi) is 3.27.